The van der Waals surface area contributed by atoms with Crippen molar-refractivity contribution in [2.75, 3.05) is 0 Å². The first-order valence-electron chi connectivity index (χ1n) is 6.30. The number of aryl methyl sites for hydroxylation is 2. The molecule has 0 saturated heterocycles. The van der Waals surface area contributed by atoms with Gasteiger partial charge >= 0.3 is 0 Å². The van der Waals surface area contributed by atoms with E-state index in [4.69, 9.17) is 4.52 Å². The maximum absolute atomic E-state index is 4.92. The molecule has 1 aromatic heterocycles. The van der Waals surface area contributed by atoms with E-state index >= 15 is 0 Å². The highest BCUT2D eigenvalue weighted by atomic mass is 16.5. The lowest BCUT2D eigenvalue weighted by Gasteiger charge is -2.12. The second-order valence-electron chi connectivity index (χ2n) is 4.54. The Bertz CT molecular complexity index is 467. The van der Waals surface area contributed by atoms with Gasteiger partial charge in [0, 0.05) is 13.0 Å². The predicted octanol–water partition coefficient (Wildman–Crippen LogP) is 2.49. The van der Waals surface area contributed by atoms with Crippen LogP contribution in [0.5, 0.6) is 0 Å². The highest BCUT2D eigenvalue weighted by molar-refractivity contribution is 5.14. The minimum absolute atomic E-state index is 0.434. The summed E-state index contributed by atoms with van der Waals surface area (Å²) in [7, 11) is 0. The molecule has 4 nitrogen and oxygen atoms in total. The van der Waals surface area contributed by atoms with Crippen molar-refractivity contribution in [1.29, 1.82) is 0 Å². The minimum Gasteiger partial charge on any atom is -0.340 e. The molecule has 0 aliphatic carbocycles. The Labute approximate surface area is 107 Å². The van der Waals surface area contributed by atoms with Gasteiger partial charge in [-0.1, -0.05) is 35.5 Å². The van der Waals surface area contributed by atoms with Crippen LogP contribution in [0, 0.1) is 6.92 Å². The first kappa shape index (κ1) is 12.8. The second kappa shape index (κ2) is 6.31. The van der Waals surface area contributed by atoms with Gasteiger partial charge in [-0.3, -0.25) is 0 Å². The number of nitrogens with one attached hydrogen (secondary N) is 1. The molecule has 0 saturated carbocycles. The summed E-state index contributed by atoms with van der Waals surface area (Å²) >= 11 is 0. The average Bonchev–Trinajstić information content (AvgIpc) is 2.81. The standard InChI is InChI=1S/C14H19N3O/c1-11(8-9-13-6-4-3-5-7-13)15-10-14-16-12(2)18-17-14/h3-7,11,15H,8-10H2,1-2H3. The lowest BCUT2D eigenvalue weighted by Crippen LogP contribution is -2.26. The molecule has 1 aromatic carbocycles. The second-order valence-corrected chi connectivity index (χ2v) is 4.54. The van der Waals surface area contributed by atoms with Gasteiger partial charge in [0.05, 0.1) is 6.54 Å². The third kappa shape index (κ3) is 3.96. The smallest absolute Gasteiger partial charge is 0.223 e. The van der Waals surface area contributed by atoms with Gasteiger partial charge in [0.2, 0.25) is 5.89 Å². The van der Waals surface area contributed by atoms with Crippen LogP contribution >= 0.6 is 0 Å². The Morgan fingerprint density at radius 1 is 1.28 bits per heavy atom. The van der Waals surface area contributed by atoms with E-state index in [1.54, 1.807) is 6.92 Å². The van der Waals surface area contributed by atoms with Crippen molar-refractivity contribution < 1.29 is 4.52 Å². The monoisotopic (exact) mass is 245 g/mol. The molecule has 0 aliphatic rings. The molecule has 96 valence electrons. The van der Waals surface area contributed by atoms with Crippen LogP contribution < -0.4 is 5.32 Å². The van der Waals surface area contributed by atoms with Crippen molar-refractivity contribution in [3.63, 3.8) is 0 Å². The number of hydrogen-bond acceptors (Lipinski definition) is 4. The number of nitrogens with zero attached hydrogens (tertiary/aromatic N) is 2. The highest BCUT2D eigenvalue weighted by Crippen LogP contribution is 2.05. The number of benzene rings is 1. The summed E-state index contributed by atoms with van der Waals surface area (Å²) in [6.07, 6.45) is 2.18. The van der Waals surface area contributed by atoms with Gasteiger partial charge in [-0.2, -0.15) is 4.98 Å². The van der Waals surface area contributed by atoms with Crippen LogP contribution in [-0.2, 0) is 13.0 Å². The van der Waals surface area contributed by atoms with E-state index in [0.29, 0.717) is 18.5 Å². The zero-order chi connectivity index (χ0) is 12.8. The van der Waals surface area contributed by atoms with Crippen molar-refractivity contribution in [3.8, 4) is 0 Å². The Morgan fingerprint density at radius 2 is 2.06 bits per heavy atom. The SMILES string of the molecule is Cc1nc(CNC(C)CCc2ccccc2)no1. The highest BCUT2D eigenvalue weighted by Gasteiger charge is 2.05. The van der Waals surface area contributed by atoms with Crippen molar-refractivity contribution in [2.24, 2.45) is 0 Å². The first-order chi connectivity index (χ1) is 8.74. The molecule has 1 unspecified atom stereocenters. The van der Waals surface area contributed by atoms with E-state index in [1.807, 2.05) is 6.07 Å². The fourth-order valence-electron chi connectivity index (χ4n) is 1.81. The fraction of sp³-hybridized carbons (Fsp3) is 0.429. The largest absolute Gasteiger partial charge is 0.340 e. The number of aromatic nitrogens is 2. The molecule has 1 N–H and O–H groups in total. The van der Waals surface area contributed by atoms with Gasteiger partial charge < -0.3 is 9.84 Å². The molecule has 4 heteroatoms. The number of hydrogen-bond donors (Lipinski definition) is 1. The molecule has 18 heavy (non-hydrogen) atoms. The molecular weight excluding hydrogens is 226 g/mol. The lowest BCUT2D eigenvalue weighted by molar-refractivity contribution is 0.383. The molecule has 2 rings (SSSR count). The first-order valence-corrected chi connectivity index (χ1v) is 6.30. The zero-order valence-electron chi connectivity index (χ0n) is 10.9. The summed E-state index contributed by atoms with van der Waals surface area (Å²) in [5.74, 6) is 1.34. The lowest BCUT2D eigenvalue weighted by atomic mass is 10.1. The molecule has 0 fully saturated rings. The van der Waals surface area contributed by atoms with Crippen molar-refractivity contribution >= 4 is 0 Å². The van der Waals surface area contributed by atoms with Crippen LogP contribution in [0.3, 0.4) is 0 Å². The van der Waals surface area contributed by atoms with E-state index in [2.05, 4.69) is 46.6 Å². The zero-order valence-corrected chi connectivity index (χ0v) is 10.9. The maximum atomic E-state index is 4.92. The van der Waals surface area contributed by atoms with E-state index in [1.165, 1.54) is 5.56 Å². The Morgan fingerprint density at radius 3 is 2.72 bits per heavy atom. The molecule has 0 amide bonds. The van der Waals surface area contributed by atoms with Gasteiger partial charge in [0.15, 0.2) is 5.82 Å². The Hall–Kier alpha value is -1.68. The molecule has 1 atom stereocenters. The third-order valence-electron chi connectivity index (χ3n) is 2.89. The van der Waals surface area contributed by atoms with E-state index in [0.717, 1.165) is 18.7 Å². The van der Waals surface area contributed by atoms with Gasteiger partial charge in [0.25, 0.3) is 0 Å². The normalized spacial score (nSPS) is 12.6. The summed E-state index contributed by atoms with van der Waals surface area (Å²) in [6, 6.07) is 11.0. The van der Waals surface area contributed by atoms with Crippen LogP contribution in [0.1, 0.15) is 30.6 Å². The fourth-order valence-corrected chi connectivity index (χ4v) is 1.81. The van der Waals surface area contributed by atoms with Crippen molar-refractivity contribution in [3.05, 3.63) is 47.6 Å². The third-order valence-corrected chi connectivity index (χ3v) is 2.89. The van der Waals surface area contributed by atoms with Crippen LogP contribution in [0.4, 0.5) is 0 Å². The summed E-state index contributed by atoms with van der Waals surface area (Å²) in [4.78, 5) is 4.16. The topological polar surface area (TPSA) is 51.0 Å². The molecule has 0 aliphatic heterocycles. The maximum Gasteiger partial charge on any atom is 0.223 e. The van der Waals surface area contributed by atoms with E-state index in [-0.39, 0.29) is 0 Å². The summed E-state index contributed by atoms with van der Waals surface area (Å²) in [5, 5.41) is 7.25. The molecule has 0 bridgehead atoms. The average molecular weight is 245 g/mol. The molecular formula is C14H19N3O. The molecule has 0 spiro atoms. The summed E-state index contributed by atoms with van der Waals surface area (Å²) < 4.78 is 4.92. The van der Waals surface area contributed by atoms with Crippen LogP contribution in [0.15, 0.2) is 34.9 Å². The van der Waals surface area contributed by atoms with E-state index < -0.39 is 0 Å². The van der Waals surface area contributed by atoms with Crippen LogP contribution in [0.25, 0.3) is 0 Å². The predicted molar refractivity (Wildman–Crippen MR) is 70.1 cm³/mol. The van der Waals surface area contributed by atoms with Gasteiger partial charge in [-0.05, 0) is 25.3 Å². The van der Waals surface area contributed by atoms with Gasteiger partial charge in [-0.15, -0.1) is 0 Å². The van der Waals surface area contributed by atoms with Gasteiger partial charge in [-0.25, -0.2) is 0 Å². The van der Waals surface area contributed by atoms with Crippen molar-refractivity contribution in [2.45, 2.75) is 39.3 Å². The molecule has 2 aromatic rings. The van der Waals surface area contributed by atoms with Gasteiger partial charge in [0.1, 0.15) is 0 Å². The number of rotatable bonds is 6. The molecule has 0 radical (unpaired) electrons. The van der Waals surface area contributed by atoms with Crippen LogP contribution in [-0.4, -0.2) is 16.2 Å². The van der Waals surface area contributed by atoms with E-state index in [9.17, 15) is 0 Å². The minimum atomic E-state index is 0.434. The van der Waals surface area contributed by atoms with Crippen LogP contribution in [0.2, 0.25) is 0 Å². The summed E-state index contributed by atoms with van der Waals surface area (Å²) in [6.45, 7) is 4.64. The summed E-state index contributed by atoms with van der Waals surface area (Å²) in [5.41, 5.74) is 1.38. The Kier molecular flexibility index (Phi) is 4.47. The van der Waals surface area contributed by atoms with Crippen molar-refractivity contribution in [1.82, 2.24) is 15.5 Å². The molecule has 1 heterocycles. The Balaban J connectivity index is 1.71. The quantitative estimate of drug-likeness (QED) is 0.849.